The summed E-state index contributed by atoms with van der Waals surface area (Å²) in [6.45, 7) is 0.865. The van der Waals surface area contributed by atoms with Crippen molar-refractivity contribution in [2.45, 2.75) is 18.1 Å². The van der Waals surface area contributed by atoms with Gasteiger partial charge in [0, 0.05) is 18.8 Å². The van der Waals surface area contributed by atoms with Crippen molar-refractivity contribution in [1.29, 1.82) is 0 Å². The third-order valence-corrected chi connectivity index (χ3v) is 5.40. The minimum absolute atomic E-state index is 0.101. The Morgan fingerprint density at radius 2 is 2.10 bits per heavy atom. The van der Waals surface area contributed by atoms with Crippen LogP contribution in [0.3, 0.4) is 0 Å². The van der Waals surface area contributed by atoms with Crippen molar-refractivity contribution < 1.29 is 18.4 Å². The van der Waals surface area contributed by atoms with Crippen LogP contribution in [0.1, 0.15) is 18.4 Å². The average molecular weight is 334 g/mol. The van der Waals surface area contributed by atoms with Gasteiger partial charge in [-0.2, -0.15) is 0 Å². The largest absolute Gasteiger partial charge is 0.409 e. The number of oxime groups is 1. The van der Waals surface area contributed by atoms with Crippen molar-refractivity contribution in [2.24, 2.45) is 10.9 Å². The van der Waals surface area contributed by atoms with E-state index in [2.05, 4.69) is 9.88 Å². The Labute approximate surface area is 127 Å². The topological polar surface area (TPSA) is 114 Å². The highest BCUT2D eigenvalue weighted by Crippen LogP contribution is 2.26. The van der Waals surface area contributed by atoms with Gasteiger partial charge in [-0.3, -0.25) is 4.72 Å². The minimum atomic E-state index is -3.52. The lowest BCUT2D eigenvalue weighted by Crippen LogP contribution is -2.33. The summed E-state index contributed by atoms with van der Waals surface area (Å²) in [5.41, 5.74) is 6.11. The van der Waals surface area contributed by atoms with Crippen molar-refractivity contribution in [3.63, 3.8) is 0 Å². The first kappa shape index (κ1) is 15.9. The molecule has 0 atom stereocenters. The van der Waals surface area contributed by atoms with Crippen molar-refractivity contribution in [2.75, 3.05) is 17.9 Å². The second-order valence-electron chi connectivity index (χ2n) is 4.64. The summed E-state index contributed by atoms with van der Waals surface area (Å²) in [6, 6.07) is 4.42. The van der Waals surface area contributed by atoms with Gasteiger partial charge in [-0.25, -0.2) is 8.42 Å². The summed E-state index contributed by atoms with van der Waals surface area (Å²) in [6.07, 6.45) is 0.907. The molecule has 7 nitrogen and oxygen atoms in total. The molecule has 0 bridgehead atoms. The molecule has 116 valence electrons. The Balaban J connectivity index is 2.19. The molecule has 1 fully saturated rings. The number of hydrogen-bond acceptors (Lipinski definition) is 5. The van der Waals surface area contributed by atoms with Crippen LogP contribution in [0.5, 0.6) is 0 Å². The quantitative estimate of drug-likeness (QED) is 0.333. The zero-order valence-electron chi connectivity index (χ0n) is 11.1. The molecule has 4 N–H and O–H groups in total. The smallest absolute Gasteiger partial charge is 0.235 e. The van der Waals surface area contributed by atoms with Crippen molar-refractivity contribution in [3.8, 4) is 0 Å². The highest BCUT2D eigenvalue weighted by Gasteiger charge is 2.28. The van der Waals surface area contributed by atoms with Crippen LogP contribution in [0, 0.1) is 0 Å². The van der Waals surface area contributed by atoms with E-state index in [0.717, 1.165) is 0 Å². The third kappa shape index (κ3) is 3.78. The lowest BCUT2D eigenvalue weighted by atomic mass is 10.2. The van der Waals surface area contributed by atoms with Crippen LogP contribution in [-0.4, -0.2) is 37.9 Å². The van der Waals surface area contributed by atoms with E-state index in [1.165, 1.54) is 18.2 Å². The first-order valence-corrected chi connectivity index (χ1v) is 8.23. The lowest BCUT2D eigenvalue weighted by Gasteiger charge is -2.23. The molecule has 0 amide bonds. The molecular formula is C12H16ClN3O4S. The van der Waals surface area contributed by atoms with Gasteiger partial charge in [-0.05, 0) is 31.0 Å². The van der Waals surface area contributed by atoms with Crippen molar-refractivity contribution in [1.82, 2.24) is 0 Å². The van der Waals surface area contributed by atoms with Crippen LogP contribution in [0.2, 0.25) is 5.02 Å². The SMILES string of the molecule is N/C(=N/O)c1ccc(NS(=O)(=O)C2CCOCC2)c(Cl)c1. The standard InChI is InChI=1S/C12H16ClN3O4S/c13-10-7-8(12(14)15-17)1-2-11(10)16-21(18,19)9-3-5-20-6-4-9/h1-2,7,9,16-17H,3-6H2,(H2,14,15). The van der Waals surface area contributed by atoms with Crippen LogP contribution in [0.4, 0.5) is 5.69 Å². The number of hydrogen-bond donors (Lipinski definition) is 3. The lowest BCUT2D eigenvalue weighted by molar-refractivity contribution is 0.0984. The molecule has 2 rings (SSSR count). The molecule has 0 radical (unpaired) electrons. The van der Waals surface area contributed by atoms with Crippen LogP contribution >= 0.6 is 11.6 Å². The molecule has 0 unspecified atom stereocenters. The molecule has 0 spiro atoms. The second kappa shape index (κ2) is 6.50. The number of ether oxygens (including phenoxy) is 1. The van der Waals surface area contributed by atoms with Crippen LogP contribution < -0.4 is 10.5 Å². The van der Waals surface area contributed by atoms with Gasteiger partial charge in [0.1, 0.15) is 0 Å². The van der Waals surface area contributed by atoms with E-state index in [4.69, 9.17) is 27.3 Å². The van der Waals surface area contributed by atoms with Crippen molar-refractivity contribution in [3.05, 3.63) is 28.8 Å². The van der Waals surface area contributed by atoms with E-state index >= 15 is 0 Å². The van der Waals surface area contributed by atoms with Gasteiger partial charge in [-0.1, -0.05) is 16.8 Å². The van der Waals surface area contributed by atoms with Gasteiger partial charge in [0.2, 0.25) is 10.0 Å². The summed E-state index contributed by atoms with van der Waals surface area (Å²) in [5.74, 6) is -0.101. The summed E-state index contributed by atoms with van der Waals surface area (Å²) in [4.78, 5) is 0. The number of anilines is 1. The van der Waals surface area contributed by atoms with Crippen LogP contribution in [0.25, 0.3) is 0 Å². The van der Waals surface area contributed by atoms with Gasteiger partial charge in [0.15, 0.2) is 5.84 Å². The number of nitrogens with zero attached hydrogens (tertiary/aromatic N) is 1. The number of halogens is 1. The zero-order chi connectivity index (χ0) is 15.5. The summed E-state index contributed by atoms with van der Waals surface area (Å²) in [7, 11) is -3.52. The Morgan fingerprint density at radius 3 is 2.67 bits per heavy atom. The average Bonchev–Trinajstić information content (AvgIpc) is 2.49. The molecule has 1 aliphatic heterocycles. The first-order chi connectivity index (χ1) is 9.94. The highest BCUT2D eigenvalue weighted by atomic mass is 35.5. The molecule has 0 aromatic heterocycles. The van der Waals surface area contributed by atoms with E-state index < -0.39 is 15.3 Å². The summed E-state index contributed by atoms with van der Waals surface area (Å²) >= 11 is 6.03. The zero-order valence-corrected chi connectivity index (χ0v) is 12.7. The molecule has 1 heterocycles. The predicted molar refractivity (Wildman–Crippen MR) is 80.3 cm³/mol. The Hall–Kier alpha value is -1.51. The summed E-state index contributed by atoms with van der Waals surface area (Å²) < 4.78 is 32.2. The molecule has 1 aromatic carbocycles. The monoisotopic (exact) mass is 333 g/mol. The molecule has 1 aliphatic rings. The van der Waals surface area contributed by atoms with Gasteiger partial charge in [-0.15, -0.1) is 0 Å². The molecule has 1 aromatic rings. The maximum absolute atomic E-state index is 12.3. The van der Waals surface area contributed by atoms with E-state index in [-0.39, 0.29) is 16.5 Å². The fourth-order valence-corrected chi connectivity index (χ4v) is 3.79. The summed E-state index contributed by atoms with van der Waals surface area (Å²) in [5, 5.41) is 11.1. The van der Waals surface area contributed by atoms with E-state index in [0.29, 0.717) is 31.6 Å². The van der Waals surface area contributed by atoms with Gasteiger partial charge in [0.05, 0.1) is 16.0 Å². The number of sulfonamides is 1. The fourth-order valence-electron chi connectivity index (χ4n) is 2.04. The normalized spacial score (nSPS) is 17.7. The first-order valence-electron chi connectivity index (χ1n) is 6.31. The maximum atomic E-state index is 12.3. The van der Waals surface area contributed by atoms with Crippen LogP contribution in [-0.2, 0) is 14.8 Å². The molecule has 1 saturated heterocycles. The van der Waals surface area contributed by atoms with Gasteiger partial charge >= 0.3 is 0 Å². The Kier molecular flexibility index (Phi) is 4.92. The van der Waals surface area contributed by atoms with E-state index in [9.17, 15) is 8.42 Å². The number of rotatable bonds is 4. The van der Waals surface area contributed by atoms with Crippen LogP contribution in [0.15, 0.2) is 23.4 Å². The highest BCUT2D eigenvalue weighted by molar-refractivity contribution is 7.93. The van der Waals surface area contributed by atoms with Crippen molar-refractivity contribution >= 4 is 33.1 Å². The number of amidine groups is 1. The van der Waals surface area contributed by atoms with E-state index in [1.54, 1.807) is 0 Å². The van der Waals surface area contributed by atoms with Gasteiger partial charge < -0.3 is 15.7 Å². The number of nitrogens with one attached hydrogen (secondary N) is 1. The molecule has 0 aliphatic carbocycles. The number of nitrogens with two attached hydrogens (primary N) is 1. The Bertz CT molecular complexity index is 642. The molecular weight excluding hydrogens is 318 g/mol. The molecule has 0 saturated carbocycles. The minimum Gasteiger partial charge on any atom is -0.409 e. The predicted octanol–water partition coefficient (Wildman–Crippen LogP) is 1.36. The second-order valence-corrected chi connectivity index (χ2v) is 7.01. The maximum Gasteiger partial charge on any atom is 0.235 e. The molecule has 21 heavy (non-hydrogen) atoms. The number of benzene rings is 1. The third-order valence-electron chi connectivity index (χ3n) is 3.23. The van der Waals surface area contributed by atoms with Gasteiger partial charge in [0.25, 0.3) is 0 Å². The Morgan fingerprint density at radius 1 is 1.43 bits per heavy atom. The fraction of sp³-hybridized carbons (Fsp3) is 0.417. The van der Waals surface area contributed by atoms with E-state index in [1.807, 2.05) is 0 Å². The molecule has 9 heteroatoms.